The van der Waals surface area contributed by atoms with Gasteiger partial charge in [0.05, 0.1) is 10.5 Å². The van der Waals surface area contributed by atoms with Crippen molar-refractivity contribution in [3.63, 3.8) is 0 Å². The molecule has 0 fully saturated rings. The van der Waals surface area contributed by atoms with Crippen LogP contribution in [-0.4, -0.2) is 27.9 Å². The maximum absolute atomic E-state index is 14.4. The van der Waals surface area contributed by atoms with Gasteiger partial charge in [-0.2, -0.15) is 13.2 Å². The summed E-state index contributed by atoms with van der Waals surface area (Å²) in [5.74, 6) is -1.10. The van der Waals surface area contributed by atoms with E-state index in [0.29, 0.717) is 11.8 Å². The first-order chi connectivity index (χ1) is 14.1. The first-order valence-corrected chi connectivity index (χ1v) is 9.79. The third-order valence-electron chi connectivity index (χ3n) is 4.33. The topological polar surface area (TPSA) is 104 Å². The highest BCUT2D eigenvalue weighted by molar-refractivity contribution is 7.89. The zero-order valence-electron chi connectivity index (χ0n) is 14.8. The summed E-state index contributed by atoms with van der Waals surface area (Å²) >= 11 is 0. The van der Waals surface area contributed by atoms with Crippen molar-refractivity contribution in [2.45, 2.75) is 11.1 Å². The van der Waals surface area contributed by atoms with Gasteiger partial charge < -0.3 is 0 Å². The van der Waals surface area contributed by atoms with Crippen LogP contribution in [0.25, 0.3) is 28.1 Å². The Balaban J connectivity index is 1.82. The van der Waals surface area contributed by atoms with Crippen LogP contribution in [0.1, 0.15) is 5.56 Å². The number of nitrogens with zero attached hydrogens (tertiary/aromatic N) is 4. The van der Waals surface area contributed by atoms with Gasteiger partial charge in [0.1, 0.15) is 29.7 Å². The second-order valence-corrected chi connectivity index (χ2v) is 7.80. The van der Waals surface area contributed by atoms with Gasteiger partial charge in [-0.15, -0.1) is 0 Å². The number of fused-ring (bicyclic) bond motifs is 1. The third-order valence-corrected chi connectivity index (χ3v) is 5.26. The van der Waals surface area contributed by atoms with E-state index in [0.717, 1.165) is 18.5 Å². The lowest BCUT2D eigenvalue weighted by molar-refractivity contribution is -0.137. The number of sulfonamides is 1. The van der Waals surface area contributed by atoms with Crippen LogP contribution in [0.5, 0.6) is 0 Å². The molecule has 0 aliphatic rings. The van der Waals surface area contributed by atoms with E-state index in [1.165, 1.54) is 35.2 Å². The number of alkyl halides is 3. The van der Waals surface area contributed by atoms with Crippen LogP contribution in [-0.2, 0) is 16.2 Å². The molecule has 7 nitrogen and oxygen atoms in total. The van der Waals surface area contributed by atoms with Crippen molar-refractivity contribution in [2.75, 3.05) is 0 Å². The summed E-state index contributed by atoms with van der Waals surface area (Å²) in [6.45, 7) is 0. The van der Waals surface area contributed by atoms with E-state index in [4.69, 9.17) is 5.14 Å². The predicted octanol–water partition coefficient (Wildman–Crippen LogP) is 3.29. The van der Waals surface area contributed by atoms with Crippen molar-refractivity contribution in [3.05, 3.63) is 66.5 Å². The Bertz CT molecular complexity index is 1370. The Morgan fingerprint density at radius 2 is 1.67 bits per heavy atom. The molecule has 0 aliphatic carbocycles. The van der Waals surface area contributed by atoms with Crippen molar-refractivity contribution < 1.29 is 26.0 Å². The third kappa shape index (κ3) is 3.50. The molecule has 30 heavy (non-hydrogen) atoms. The van der Waals surface area contributed by atoms with Gasteiger partial charge in [-0.05, 0) is 42.5 Å². The molecule has 0 spiro atoms. The highest BCUT2D eigenvalue weighted by atomic mass is 32.2. The minimum atomic E-state index is -4.68. The highest BCUT2D eigenvalue weighted by Gasteiger charge is 2.31. The first-order valence-electron chi connectivity index (χ1n) is 8.24. The van der Waals surface area contributed by atoms with E-state index in [9.17, 15) is 26.0 Å². The predicted molar refractivity (Wildman–Crippen MR) is 98.4 cm³/mol. The maximum atomic E-state index is 14.4. The van der Waals surface area contributed by atoms with Gasteiger partial charge in [0.15, 0.2) is 5.65 Å². The Morgan fingerprint density at radius 1 is 0.967 bits per heavy atom. The fourth-order valence-corrected chi connectivity index (χ4v) is 3.42. The van der Waals surface area contributed by atoms with Crippen LogP contribution in [0.2, 0.25) is 0 Å². The maximum Gasteiger partial charge on any atom is 0.416 e. The number of nitrogens with two attached hydrogens (primary N) is 1. The number of hydrogen-bond donors (Lipinski definition) is 1. The molecule has 2 heterocycles. The van der Waals surface area contributed by atoms with Crippen LogP contribution < -0.4 is 5.14 Å². The largest absolute Gasteiger partial charge is 0.416 e. The lowest BCUT2D eigenvalue weighted by atomic mass is 10.1. The van der Waals surface area contributed by atoms with Gasteiger partial charge in [0.25, 0.3) is 0 Å². The lowest BCUT2D eigenvalue weighted by Gasteiger charge is -2.09. The summed E-state index contributed by atoms with van der Waals surface area (Å²) in [7, 11) is -3.86. The number of primary sulfonamides is 1. The van der Waals surface area contributed by atoms with Crippen molar-refractivity contribution >= 4 is 21.2 Å². The molecule has 0 aliphatic heterocycles. The molecule has 2 N–H and O–H groups in total. The summed E-state index contributed by atoms with van der Waals surface area (Å²) in [6.07, 6.45) is -2.19. The summed E-state index contributed by atoms with van der Waals surface area (Å²) in [5.41, 5.74) is -0.359. The molecule has 0 unspecified atom stereocenters. The Morgan fingerprint density at radius 3 is 2.27 bits per heavy atom. The fourth-order valence-electron chi connectivity index (χ4n) is 2.90. The fraction of sp³-hybridized carbons (Fsp3) is 0.0556. The summed E-state index contributed by atoms with van der Waals surface area (Å²) in [6, 6.07) is 7.69. The second kappa shape index (κ2) is 6.85. The summed E-state index contributed by atoms with van der Waals surface area (Å²) in [5, 5.41) is 5.08. The van der Waals surface area contributed by atoms with E-state index < -0.39 is 27.6 Å². The summed E-state index contributed by atoms with van der Waals surface area (Å²) < 4.78 is 77.1. The molecule has 4 rings (SSSR count). The smallest absolute Gasteiger partial charge is 0.283 e. The van der Waals surface area contributed by atoms with Crippen molar-refractivity contribution in [1.29, 1.82) is 0 Å². The molecule has 0 atom stereocenters. The van der Waals surface area contributed by atoms with Gasteiger partial charge in [-0.25, -0.2) is 32.9 Å². The van der Waals surface area contributed by atoms with Crippen LogP contribution in [0, 0.1) is 5.82 Å². The normalized spacial score (nSPS) is 12.4. The van der Waals surface area contributed by atoms with Gasteiger partial charge in [0, 0.05) is 11.3 Å². The second-order valence-electron chi connectivity index (χ2n) is 6.24. The van der Waals surface area contributed by atoms with Crippen LogP contribution in [0.15, 0.2) is 60.0 Å². The van der Waals surface area contributed by atoms with E-state index >= 15 is 0 Å². The lowest BCUT2D eigenvalue weighted by Crippen LogP contribution is -2.12. The quantitative estimate of drug-likeness (QED) is 0.496. The van der Waals surface area contributed by atoms with Gasteiger partial charge in [-0.3, -0.25) is 4.57 Å². The molecule has 0 bridgehead atoms. The first kappa shape index (κ1) is 19.9. The monoisotopic (exact) mass is 437 g/mol. The molecule has 12 heteroatoms. The Kier molecular flexibility index (Phi) is 4.55. The van der Waals surface area contributed by atoms with E-state index in [1.807, 2.05) is 0 Å². The molecule has 0 radical (unpaired) electrons. The molecule has 2 aromatic carbocycles. The number of benzene rings is 2. The number of rotatable bonds is 3. The molecule has 0 amide bonds. The molecule has 4 aromatic rings. The molecule has 2 aromatic heterocycles. The molecule has 154 valence electrons. The number of halogens is 4. The average Bonchev–Trinajstić information content (AvgIpc) is 3.11. The van der Waals surface area contributed by atoms with Crippen molar-refractivity contribution in [1.82, 2.24) is 19.5 Å². The van der Waals surface area contributed by atoms with E-state index in [-0.39, 0.29) is 27.3 Å². The van der Waals surface area contributed by atoms with E-state index in [1.54, 1.807) is 0 Å². The molecule has 0 saturated carbocycles. The summed E-state index contributed by atoms with van der Waals surface area (Å²) in [4.78, 5) is 12.2. The minimum Gasteiger partial charge on any atom is -0.283 e. The van der Waals surface area contributed by atoms with Crippen molar-refractivity contribution in [3.8, 4) is 16.9 Å². The Hall–Kier alpha value is -3.38. The van der Waals surface area contributed by atoms with E-state index in [2.05, 4.69) is 15.0 Å². The standard InChI is InChI=1S/C18H11F4N5O2S/c19-14-7-10(18(20,21)22)1-6-13(14)15-16-17(25-8-24-15)27(9-26-16)11-2-4-12(5-3-11)30(23,28)29/h1-9H,(H2,23,28,29). The zero-order valence-corrected chi connectivity index (χ0v) is 15.6. The van der Waals surface area contributed by atoms with Crippen molar-refractivity contribution in [2.24, 2.45) is 5.14 Å². The van der Waals surface area contributed by atoms with Gasteiger partial charge in [-0.1, -0.05) is 0 Å². The molecule has 0 saturated heterocycles. The minimum absolute atomic E-state index is 0.0196. The molecular weight excluding hydrogens is 426 g/mol. The number of aromatic nitrogens is 4. The van der Waals surface area contributed by atoms with Crippen LogP contribution >= 0.6 is 0 Å². The molecular formula is C18H11F4N5O2S. The van der Waals surface area contributed by atoms with Crippen LogP contribution in [0.4, 0.5) is 17.6 Å². The Labute approximate surface area is 166 Å². The number of imidazole rings is 1. The highest BCUT2D eigenvalue weighted by Crippen LogP contribution is 2.34. The SMILES string of the molecule is NS(=O)(=O)c1ccc(-n2cnc3c(-c4ccc(C(F)(F)F)cc4F)ncnc32)cc1. The zero-order chi connectivity index (χ0) is 21.7. The average molecular weight is 437 g/mol. The van der Waals surface area contributed by atoms with Crippen LogP contribution in [0.3, 0.4) is 0 Å². The number of hydrogen-bond acceptors (Lipinski definition) is 5. The van der Waals surface area contributed by atoms with Gasteiger partial charge in [0.2, 0.25) is 10.0 Å². The van der Waals surface area contributed by atoms with Gasteiger partial charge >= 0.3 is 6.18 Å².